The zero-order valence-electron chi connectivity index (χ0n) is 11.2. The van der Waals surface area contributed by atoms with Gasteiger partial charge in [0.25, 0.3) is 10.0 Å². The van der Waals surface area contributed by atoms with Gasteiger partial charge in [0.2, 0.25) is 0 Å². The van der Waals surface area contributed by atoms with E-state index in [9.17, 15) is 8.42 Å². The minimum absolute atomic E-state index is 0.242. The number of anilines is 1. The Morgan fingerprint density at radius 3 is 2.25 bits per heavy atom. The lowest BCUT2D eigenvalue weighted by atomic mass is 10.3. The lowest BCUT2D eigenvalue weighted by molar-refractivity contribution is 0.317. The smallest absolute Gasteiger partial charge is 0.261 e. The first-order chi connectivity index (χ1) is 9.62. The van der Waals surface area contributed by atoms with Gasteiger partial charge in [0.1, 0.15) is 5.75 Å². The molecule has 2 aromatic carbocycles. The van der Waals surface area contributed by atoms with E-state index < -0.39 is 10.0 Å². The van der Waals surface area contributed by atoms with Gasteiger partial charge in [-0.3, -0.25) is 4.72 Å². The summed E-state index contributed by atoms with van der Waals surface area (Å²) in [6.45, 7) is 2.68. The second-order valence-electron chi connectivity index (χ2n) is 4.29. The van der Waals surface area contributed by atoms with Crippen LogP contribution in [0.15, 0.2) is 59.5 Å². The van der Waals surface area contributed by atoms with Crippen molar-refractivity contribution in [1.29, 1.82) is 0 Å². The SMILES string of the molecule is CCCOc1ccc(NS(=O)(=O)c2ccccc2)cc1. The fourth-order valence-corrected chi connectivity index (χ4v) is 2.73. The Morgan fingerprint density at radius 2 is 1.65 bits per heavy atom. The van der Waals surface area contributed by atoms with Gasteiger partial charge in [0.05, 0.1) is 11.5 Å². The van der Waals surface area contributed by atoms with Crippen LogP contribution in [-0.2, 0) is 10.0 Å². The van der Waals surface area contributed by atoms with Crippen LogP contribution in [0.3, 0.4) is 0 Å². The van der Waals surface area contributed by atoms with E-state index in [0.717, 1.165) is 12.2 Å². The first-order valence-electron chi connectivity index (χ1n) is 6.42. The van der Waals surface area contributed by atoms with Crippen LogP contribution in [0.5, 0.6) is 5.75 Å². The topological polar surface area (TPSA) is 55.4 Å². The minimum Gasteiger partial charge on any atom is -0.494 e. The Morgan fingerprint density at radius 1 is 1.00 bits per heavy atom. The number of sulfonamides is 1. The molecule has 0 unspecified atom stereocenters. The summed E-state index contributed by atoms with van der Waals surface area (Å²) in [6, 6.07) is 15.1. The van der Waals surface area contributed by atoms with Crippen molar-refractivity contribution in [3.63, 3.8) is 0 Å². The Labute approximate surface area is 119 Å². The van der Waals surface area contributed by atoms with Gasteiger partial charge in [-0.15, -0.1) is 0 Å². The quantitative estimate of drug-likeness (QED) is 0.888. The number of rotatable bonds is 6. The molecule has 0 aliphatic carbocycles. The predicted octanol–water partition coefficient (Wildman–Crippen LogP) is 3.28. The average molecular weight is 291 g/mol. The highest BCUT2D eigenvalue weighted by atomic mass is 32.2. The number of ether oxygens (including phenoxy) is 1. The van der Waals surface area contributed by atoms with Crippen LogP contribution in [-0.4, -0.2) is 15.0 Å². The summed E-state index contributed by atoms with van der Waals surface area (Å²) in [6.07, 6.45) is 0.933. The molecule has 0 spiro atoms. The van der Waals surface area contributed by atoms with Crippen molar-refractivity contribution >= 4 is 15.7 Å². The van der Waals surface area contributed by atoms with Crippen LogP contribution < -0.4 is 9.46 Å². The summed E-state index contributed by atoms with van der Waals surface area (Å²) in [5.74, 6) is 0.731. The lowest BCUT2D eigenvalue weighted by Gasteiger charge is -2.09. The van der Waals surface area contributed by atoms with Crippen molar-refractivity contribution in [3.05, 3.63) is 54.6 Å². The van der Waals surface area contributed by atoms with Crippen LogP contribution >= 0.6 is 0 Å². The molecule has 2 aromatic rings. The van der Waals surface area contributed by atoms with E-state index in [0.29, 0.717) is 12.3 Å². The van der Waals surface area contributed by atoms with Crippen molar-refractivity contribution in [2.24, 2.45) is 0 Å². The molecule has 4 nitrogen and oxygen atoms in total. The van der Waals surface area contributed by atoms with Crippen LogP contribution in [0.4, 0.5) is 5.69 Å². The van der Waals surface area contributed by atoms with Crippen molar-refractivity contribution in [3.8, 4) is 5.75 Å². The maximum absolute atomic E-state index is 12.1. The summed E-state index contributed by atoms with van der Waals surface area (Å²) in [5.41, 5.74) is 0.512. The van der Waals surface area contributed by atoms with E-state index in [1.165, 1.54) is 0 Å². The third-order valence-corrected chi connectivity index (χ3v) is 4.03. The Hall–Kier alpha value is -2.01. The van der Waals surface area contributed by atoms with Crippen molar-refractivity contribution in [2.75, 3.05) is 11.3 Å². The van der Waals surface area contributed by atoms with Gasteiger partial charge in [0.15, 0.2) is 0 Å². The molecule has 106 valence electrons. The minimum atomic E-state index is -3.53. The third-order valence-electron chi connectivity index (χ3n) is 2.63. The van der Waals surface area contributed by atoms with Crippen molar-refractivity contribution < 1.29 is 13.2 Å². The number of hydrogen-bond donors (Lipinski definition) is 1. The Bertz CT molecular complexity index is 637. The highest BCUT2D eigenvalue weighted by Crippen LogP contribution is 2.19. The van der Waals surface area contributed by atoms with Gasteiger partial charge in [0, 0.05) is 5.69 Å². The van der Waals surface area contributed by atoms with E-state index in [4.69, 9.17) is 4.74 Å². The fraction of sp³-hybridized carbons (Fsp3) is 0.200. The molecule has 0 saturated carbocycles. The van der Waals surface area contributed by atoms with E-state index in [1.54, 1.807) is 54.6 Å². The van der Waals surface area contributed by atoms with Crippen molar-refractivity contribution in [1.82, 2.24) is 0 Å². The number of hydrogen-bond acceptors (Lipinski definition) is 3. The molecule has 0 radical (unpaired) electrons. The first-order valence-corrected chi connectivity index (χ1v) is 7.91. The highest BCUT2D eigenvalue weighted by molar-refractivity contribution is 7.92. The highest BCUT2D eigenvalue weighted by Gasteiger charge is 2.13. The van der Waals surface area contributed by atoms with E-state index >= 15 is 0 Å². The molecule has 0 fully saturated rings. The Kier molecular flexibility index (Phi) is 4.63. The normalized spacial score (nSPS) is 11.1. The van der Waals surface area contributed by atoms with E-state index in [-0.39, 0.29) is 4.90 Å². The molecular weight excluding hydrogens is 274 g/mol. The van der Waals surface area contributed by atoms with Gasteiger partial charge in [-0.1, -0.05) is 25.1 Å². The Balaban J connectivity index is 2.10. The maximum Gasteiger partial charge on any atom is 0.261 e. The van der Waals surface area contributed by atoms with Crippen LogP contribution in [0.25, 0.3) is 0 Å². The predicted molar refractivity (Wildman–Crippen MR) is 79.5 cm³/mol. The molecule has 0 aromatic heterocycles. The van der Waals surface area contributed by atoms with Crippen LogP contribution in [0.1, 0.15) is 13.3 Å². The standard InChI is InChI=1S/C15H17NO3S/c1-2-12-19-14-10-8-13(9-11-14)16-20(17,18)15-6-4-3-5-7-15/h3-11,16H,2,12H2,1H3. The summed E-state index contributed by atoms with van der Waals surface area (Å²) < 4.78 is 32.2. The van der Waals surface area contributed by atoms with E-state index in [1.807, 2.05) is 6.92 Å². The molecule has 0 aliphatic rings. The second-order valence-corrected chi connectivity index (χ2v) is 5.97. The zero-order valence-corrected chi connectivity index (χ0v) is 12.1. The van der Waals surface area contributed by atoms with E-state index in [2.05, 4.69) is 4.72 Å². The third kappa shape index (κ3) is 3.74. The van der Waals surface area contributed by atoms with Gasteiger partial charge in [-0.2, -0.15) is 0 Å². The van der Waals surface area contributed by atoms with Gasteiger partial charge in [-0.25, -0.2) is 8.42 Å². The second kappa shape index (κ2) is 6.43. The molecule has 0 aliphatic heterocycles. The zero-order chi connectivity index (χ0) is 14.4. The molecule has 20 heavy (non-hydrogen) atoms. The summed E-state index contributed by atoms with van der Waals surface area (Å²) in [4.78, 5) is 0.242. The molecule has 0 atom stereocenters. The van der Waals surface area contributed by atoms with Crippen LogP contribution in [0.2, 0.25) is 0 Å². The summed E-state index contributed by atoms with van der Waals surface area (Å²) >= 11 is 0. The molecule has 0 bridgehead atoms. The maximum atomic E-state index is 12.1. The number of benzene rings is 2. The van der Waals surface area contributed by atoms with Crippen molar-refractivity contribution in [2.45, 2.75) is 18.2 Å². The number of nitrogens with one attached hydrogen (secondary N) is 1. The lowest BCUT2D eigenvalue weighted by Crippen LogP contribution is -2.12. The molecule has 0 amide bonds. The fourth-order valence-electron chi connectivity index (χ4n) is 1.65. The molecule has 0 heterocycles. The molecule has 1 N–H and O–H groups in total. The molecule has 2 rings (SSSR count). The largest absolute Gasteiger partial charge is 0.494 e. The monoisotopic (exact) mass is 291 g/mol. The van der Waals surface area contributed by atoms with Gasteiger partial charge in [-0.05, 0) is 42.8 Å². The van der Waals surface area contributed by atoms with Gasteiger partial charge >= 0.3 is 0 Å². The van der Waals surface area contributed by atoms with Gasteiger partial charge < -0.3 is 4.74 Å². The van der Waals surface area contributed by atoms with Crippen LogP contribution in [0, 0.1) is 0 Å². The molecule has 5 heteroatoms. The first kappa shape index (κ1) is 14.4. The average Bonchev–Trinajstić information content (AvgIpc) is 2.47. The summed E-state index contributed by atoms with van der Waals surface area (Å²) in [5, 5.41) is 0. The summed E-state index contributed by atoms with van der Waals surface area (Å²) in [7, 11) is -3.53. The molecule has 0 saturated heterocycles. The molecular formula is C15H17NO3S.